The fourth-order valence-corrected chi connectivity index (χ4v) is 1.38. The van der Waals surface area contributed by atoms with Crippen molar-refractivity contribution >= 4 is 0 Å². The summed E-state index contributed by atoms with van der Waals surface area (Å²) in [6.07, 6.45) is 1.22. The summed E-state index contributed by atoms with van der Waals surface area (Å²) in [5, 5.41) is 3.37. The first-order chi connectivity index (χ1) is 6.49. The van der Waals surface area contributed by atoms with Gasteiger partial charge in [0.25, 0.3) is 0 Å². The first-order valence-electron chi connectivity index (χ1n) is 5.28. The van der Waals surface area contributed by atoms with Crippen molar-refractivity contribution < 1.29 is 9.88 Å². The maximum absolute atomic E-state index is 5.09. The fraction of sp³-hybridized carbons (Fsp3) is 1.00. The average molecular weight is 202 g/mol. The second-order valence-electron chi connectivity index (χ2n) is 5.05. The summed E-state index contributed by atoms with van der Waals surface area (Å²) in [6, 6.07) is 0.428. The van der Waals surface area contributed by atoms with E-state index in [1.807, 2.05) is 20.8 Å². The van der Waals surface area contributed by atoms with Crippen LogP contribution in [0.1, 0.15) is 34.1 Å². The summed E-state index contributed by atoms with van der Waals surface area (Å²) in [7, 11) is 0. The first kappa shape index (κ1) is 11.9. The molecular formula is C10H22N2O2. The van der Waals surface area contributed by atoms with Gasteiger partial charge in [0.05, 0.1) is 6.61 Å². The molecule has 0 amide bonds. The third-order valence-electron chi connectivity index (χ3n) is 2.35. The zero-order valence-electron chi connectivity index (χ0n) is 9.59. The van der Waals surface area contributed by atoms with Crippen LogP contribution in [-0.2, 0) is 9.88 Å². The van der Waals surface area contributed by atoms with Gasteiger partial charge in [-0.15, -0.1) is 4.99 Å². The van der Waals surface area contributed by atoms with Gasteiger partial charge in [-0.05, 0) is 39.7 Å². The summed E-state index contributed by atoms with van der Waals surface area (Å²) in [5.74, 6) is 0.674. The van der Waals surface area contributed by atoms with Crippen molar-refractivity contribution in [3.8, 4) is 0 Å². The predicted molar refractivity (Wildman–Crippen MR) is 55.5 cm³/mol. The second kappa shape index (κ2) is 5.07. The largest absolute Gasteiger partial charge is 0.311 e. The summed E-state index contributed by atoms with van der Waals surface area (Å²) in [5.41, 5.74) is 2.74. The van der Waals surface area contributed by atoms with Gasteiger partial charge >= 0.3 is 0 Å². The van der Waals surface area contributed by atoms with Gasteiger partial charge in [0.15, 0.2) is 0 Å². The number of hydroxylamine groups is 1. The highest BCUT2D eigenvalue weighted by Gasteiger charge is 2.23. The molecule has 1 aliphatic rings. The van der Waals surface area contributed by atoms with Crippen LogP contribution in [0.25, 0.3) is 0 Å². The SMILES string of the molecule is CC1CCNC1COONC(C)(C)C. The Hall–Kier alpha value is -0.160. The molecule has 1 fully saturated rings. The van der Waals surface area contributed by atoms with Crippen LogP contribution in [0.15, 0.2) is 0 Å². The summed E-state index contributed by atoms with van der Waals surface area (Å²) < 4.78 is 0. The van der Waals surface area contributed by atoms with Gasteiger partial charge in [-0.1, -0.05) is 6.92 Å². The molecule has 0 aromatic carbocycles. The zero-order chi connectivity index (χ0) is 10.6. The lowest BCUT2D eigenvalue weighted by Crippen LogP contribution is -2.38. The molecule has 4 heteroatoms. The maximum atomic E-state index is 5.09. The Labute approximate surface area is 86.2 Å². The lowest BCUT2D eigenvalue weighted by atomic mass is 10.0. The van der Waals surface area contributed by atoms with Gasteiger partial charge in [-0.2, -0.15) is 5.48 Å². The van der Waals surface area contributed by atoms with Gasteiger partial charge in [-0.3, -0.25) is 0 Å². The smallest absolute Gasteiger partial charge is 0.0997 e. The van der Waals surface area contributed by atoms with Crippen LogP contribution >= 0.6 is 0 Å². The Bertz CT molecular complexity index is 168. The van der Waals surface area contributed by atoms with Crippen LogP contribution in [0.5, 0.6) is 0 Å². The van der Waals surface area contributed by atoms with E-state index in [1.165, 1.54) is 6.42 Å². The zero-order valence-corrected chi connectivity index (χ0v) is 9.59. The summed E-state index contributed by atoms with van der Waals surface area (Å²) in [4.78, 5) is 10.0. The Kier molecular flexibility index (Phi) is 4.31. The van der Waals surface area contributed by atoms with E-state index in [9.17, 15) is 0 Å². The van der Waals surface area contributed by atoms with Gasteiger partial charge in [0, 0.05) is 11.6 Å². The van der Waals surface area contributed by atoms with E-state index in [4.69, 9.17) is 9.88 Å². The monoisotopic (exact) mass is 202 g/mol. The van der Waals surface area contributed by atoms with Crippen LogP contribution in [0.2, 0.25) is 0 Å². The van der Waals surface area contributed by atoms with Crippen molar-refractivity contribution in [3.05, 3.63) is 0 Å². The van der Waals surface area contributed by atoms with Crippen LogP contribution < -0.4 is 10.8 Å². The maximum Gasteiger partial charge on any atom is 0.0997 e. The molecule has 0 bridgehead atoms. The Balaban J connectivity index is 2.04. The van der Waals surface area contributed by atoms with Crippen LogP contribution in [-0.4, -0.2) is 24.7 Å². The fourth-order valence-electron chi connectivity index (χ4n) is 1.38. The number of hydrogen-bond donors (Lipinski definition) is 2. The highest BCUT2D eigenvalue weighted by Crippen LogP contribution is 2.14. The first-order valence-corrected chi connectivity index (χ1v) is 5.28. The van der Waals surface area contributed by atoms with Crippen molar-refractivity contribution in [2.75, 3.05) is 13.2 Å². The normalized spacial score (nSPS) is 28.3. The molecule has 2 N–H and O–H groups in total. The molecule has 1 aliphatic heterocycles. The molecule has 2 unspecified atom stereocenters. The minimum atomic E-state index is -0.0747. The van der Waals surface area contributed by atoms with Crippen molar-refractivity contribution in [2.45, 2.75) is 45.7 Å². The molecule has 1 heterocycles. The topological polar surface area (TPSA) is 42.5 Å². The molecule has 1 saturated heterocycles. The number of nitrogens with one attached hydrogen (secondary N) is 2. The minimum absolute atomic E-state index is 0.0747. The van der Waals surface area contributed by atoms with E-state index in [2.05, 4.69) is 17.7 Å². The minimum Gasteiger partial charge on any atom is -0.311 e. The molecular weight excluding hydrogens is 180 g/mol. The van der Waals surface area contributed by atoms with Gasteiger partial charge < -0.3 is 5.32 Å². The lowest BCUT2D eigenvalue weighted by Gasteiger charge is -2.20. The standard InChI is InChI=1S/C10H22N2O2/c1-8-5-6-11-9(8)7-13-14-12-10(2,3)4/h8-9,11-12H,5-7H2,1-4H3. The van der Waals surface area contributed by atoms with E-state index >= 15 is 0 Å². The van der Waals surface area contributed by atoms with Gasteiger partial charge in [-0.25, -0.2) is 4.89 Å². The quantitative estimate of drug-likeness (QED) is 0.409. The van der Waals surface area contributed by atoms with E-state index in [1.54, 1.807) is 0 Å². The Morgan fingerprint density at radius 3 is 2.64 bits per heavy atom. The van der Waals surface area contributed by atoms with E-state index in [0.717, 1.165) is 6.54 Å². The molecule has 1 rings (SSSR count). The number of rotatable bonds is 4. The molecule has 14 heavy (non-hydrogen) atoms. The van der Waals surface area contributed by atoms with E-state index in [0.29, 0.717) is 18.6 Å². The molecule has 84 valence electrons. The molecule has 0 aromatic heterocycles. The van der Waals surface area contributed by atoms with E-state index in [-0.39, 0.29) is 5.54 Å². The van der Waals surface area contributed by atoms with Crippen molar-refractivity contribution in [1.29, 1.82) is 0 Å². The van der Waals surface area contributed by atoms with Crippen molar-refractivity contribution in [1.82, 2.24) is 10.8 Å². The molecule has 2 atom stereocenters. The molecule has 0 saturated carbocycles. The average Bonchev–Trinajstić information content (AvgIpc) is 2.44. The Morgan fingerprint density at radius 1 is 1.43 bits per heavy atom. The molecule has 0 aliphatic carbocycles. The van der Waals surface area contributed by atoms with Crippen molar-refractivity contribution in [2.24, 2.45) is 5.92 Å². The highest BCUT2D eigenvalue weighted by molar-refractivity contribution is 4.79. The predicted octanol–water partition coefficient (Wildman–Crippen LogP) is 1.24. The molecule has 0 aromatic rings. The third kappa shape index (κ3) is 4.37. The van der Waals surface area contributed by atoms with Crippen LogP contribution in [0.3, 0.4) is 0 Å². The second-order valence-corrected chi connectivity index (χ2v) is 5.05. The van der Waals surface area contributed by atoms with E-state index < -0.39 is 0 Å². The number of hydrogen-bond acceptors (Lipinski definition) is 4. The van der Waals surface area contributed by atoms with Crippen molar-refractivity contribution in [3.63, 3.8) is 0 Å². The third-order valence-corrected chi connectivity index (χ3v) is 2.35. The summed E-state index contributed by atoms with van der Waals surface area (Å²) in [6.45, 7) is 9.98. The van der Waals surface area contributed by atoms with Gasteiger partial charge in [0.2, 0.25) is 0 Å². The lowest BCUT2D eigenvalue weighted by molar-refractivity contribution is -0.351. The summed E-state index contributed by atoms with van der Waals surface area (Å²) >= 11 is 0. The Morgan fingerprint density at radius 2 is 2.14 bits per heavy atom. The van der Waals surface area contributed by atoms with Gasteiger partial charge in [0.1, 0.15) is 0 Å². The molecule has 0 spiro atoms. The molecule has 4 nitrogen and oxygen atoms in total. The highest BCUT2D eigenvalue weighted by atomic mass is 17.3. The van der Waals surface area contributed by atoms with Crippen LogP contribution in [0.4, 0.5) is 0 Å². The molecule has 0 radical (unpaired) electrons. The van der Waals surface area contributed by atoms with Crippen LogP contribution in [0, 0.1) is 5.92 Å².